The van der Waals surface area contributed by atoms with Crippen LogP contribution in [0.3, 0.4) is 0 Å². The molecule has 1 aliphatic heterocycles. The van der Waals surface area contributed by atoms with Crippen LogP contribution in [0.5, 0.6) is 0 Å². The van der Waals surface area contributed by atoms with Gasteiger partial charge in [-0.1, -0.05) is 78.3 Å². The normalized spacial score (nSPS) is 13.9. The van der Waals surface area contributed by atoms with Gasteiger partial charge in [0.05, 0.1) is 11.3 Å². The summed E-state index contributed by atoms with van der Waals surface area (Å²) in [4.78, 5) is 28.4. The SMILES string of the molecule is Cc1cc(Cl)ccc1N1C(=O)C(Nc2cccc3ccccc23)=C(c2ccccc2)C1=O. The van der Waals surface area contributed by atoms with E-state index in [0.717, 1.165) is 22.0 Å². The number of hydrogen-bond acceptors (Lipinski definition) is 3. The second-order valence-corrected chi connectivity index (χ2v) is 8.08. The number of carbonyl (C=O) groups is 2. The van der Waals surface area contributed by atoms with Crippen LogP contribution < -0.4 is 10.2 Å². The lowest BCUT2D eigenvalue weighted by Crippen LogP contribution is -2.33. The molecule has 4 aromatic rings. The number of aryl methyl sites for hydroxylation is 1. The van der Waals surface area contributed by atoms with Gasteiger partial charge in [0.2, 0.25) is 0 Å². The molecule has 2 amide bonds. The second-order valence-electron chi connectivity index (χ2n) is 7.64. The Kier molecular flexibility index (Phi) is 5.00. The smallest absolute Gasteiger partial charge is 0.282 e. The Morgan fingerprint density at radius 2 is 1.50 bits per heavy atom. The van der Waals surface area contributed by atoms with Crippen molar-refractivity contribution in [3.63, 3.8) is 0 Å². The molecule has 0 aromatic heterocycles. The van der Waals surface area contributed by atoms with E-state index in [1.165, 1.54) is 4.90 Å². The topological polar surface area (TPSA) is 49.4 Å². The van der Waals surface area contributed by atoms with E-state index >= 15 is 0 Å². The Hall–Kier alpha value is -3.89. The van der Waals surface area contributed by atoms with E-state index in [0.29, 0.717) is 21.8 Å². The zero-order valence-electron chi connectivity index (χ0n) is 17.3. The summed E-state index contributed by atoms with van der Waals surface area (Å²) in [6.45, 7) is 1.83. The molecule has 0 radical (unpaired) electrons. The minimum Gasteiger partial charge on any atom is -0.350 e. The third-order valence-corrected chi connectivity index (χ3v) is 5.83. The van der Waals surface area contributed by atoms with Crippen LogP contribution in [0.2, 0.25) is 5.02 Å². The molecule has 1 aliphatic rings. The summed E-state index contributed by atoms with van der Waals surface area (Å²) in [5.41, 5.74) is 3.32. The summed E-state index contributed by atoms with van der Waals surface area (Å²) in [5.74, 6) is -0.762. The molecule has 5 rings (SSSR count). The molecule has 0 spiro atoms. The van der Waals surface area contributed by atoms with Crippen LogP contribution in [-0.4, -0.2) is 11.8 Å². The molecule has 32 heavy (non-hydrogen) atoms. The molecule has 4 nitrogen and oxygen atoms in total. The van der Waals surface area contributed by atoms with Crippen molar-refractivity contribution in [1.82, 2.24) is 0 Å². The van der Waals surface area contributed by atoms with E-state index in [2.05, 4.69) is 5.32 Å². The highest BCUT2D eigenvalue weighted by Gasteiger charge is 2.40. The van der Waals surface area contributed by atoms with Gasteiger partial charge in [-0.2, -0.15) is 0 Å². The number of fused-ring (bicyclic) bond motifs is 1. The van der Waals surface area contributed by atoms with E-state index in [-0.39, 0.29) is 11.6 Å². The zero-order valence-corrected chi connectivity index (χ0v) is 18.1. The zero-order chi connectivity index (χ0) is 22.2. The Morgan fingerprint density at radius 1 is 0.781 bits per heavy atom. The first-order chi connectivity index (χ1) is 15.5. The number of amides is 2. The van der Waals surface area contributed by atoms with Crippen molar-refractivity contribution in [3.8, 4) is 0 Å². The molecule has 156 valence electrons. The van der Waals surface area contributed by atoms with Crippen molar-refractivity contribution >= 4 is 51.1 Å². The number of carbonyl (C=O) groups excluding carboxylic acids is 2. The molecule has 4 aromatic carbocycles. The van der Waals surface area contributed by atoms with Crippen molar-refractivity contribution in [2.24, 2.45) is 0 Å². The maximum absolute atomic E-state index is 13.6. The molecule has 0 atom stereocenters. The van der Waals surface area contributed by atoms with Crippen LogP contribution >= 0.6 is 11.6 Å². The van der Waals surface area contributed by atoms with Gasteiger partial charge < -0.3 is 5.32 Å². The van der Waals surface area contributed by atoms with Crippen LogP contribution in [-0.2, 0) is 9.59 Å². The first kappa shape index (κ1) is 20.0. The fourth-order valence-electron chi connectivity index (χ4n) is 4.08. The molecule has 0 saturated heterocycles. The Balaban J connectivity index is 1.67. The van der Waals surface area contributed by atoms with Gasteiger partial charge in [-0.05, 0) is 47.7 Å². The summed E-state index contributed by atoms with van der Waals surface area (Å²) < 4.78 is 0. The fourth-order valence-corrected chi connectivity index (χ4v) is 4.30. The third kappa shape index (κ3) is 3.35. The molecule has 0 unspecified atom stereocenters. The Morgan fingerprint density at radius 3 is 2.28 bits per heavy atom. The molecular formula is C27H19ClN2O2. The van der Waals surface area contributed by atoms with Gasteiger partial charge in [-0.3, -0.25) is 9.59 Å². The van der Waals surface area contributed by atoms with Gasteiger partial charge in [-0.15, -0.1) is 0 Å². The number of nitrogens with zero attached hydrogens (tertiary/aromatic N) is 1. The monoisotopic (exact) mass is 438 g/mol. The first-order valence-electron chi connectivity index (χ1n) is 10.2. The van der Waals surface area contributed by atoms with Gasteiger partial charge >= 0.3 is 0 Å². The van der Waals surface area contributed by atoms with E-state index < -0.39 is 5.91 Å². The summed E-state index contributed by atoms with van der Waals surface area (Å²) in [5, 5.41) is 5.85. The van der Waals surface area contributed by atoms with Crippen molar-refractivity contribution in [1.29, 1.82) is 0 Å². The lowest BCUT2D eigenvalue weighted by Gasteiger charge is -2.18. The summed E-state index contributed by atoms with van der Waals surface area (Å²) in [7, 11) is 0. The maximum Gasteiger partial charge on any atom is 0.282 e. The van der Waals surface area contributed by atoms with E-state index in [4.69, 9.17) is 11.6 Å². The summed E-state index contributed by atoms with van der Waals surface area (Å²) in [6.07, 6.45) is 0. The molecule has 1 N–H and O–H groups in total. The Labute approximate surface area is 190 Å². The standard InChI is InChI=1S/C27H19ClN2O2/c1-17-16-20(28)14-15-23(17)30-26(31)24(19-9-3-2-4-10-19)25(27(30)32)29-22-13-7-11-18-8-5-6-12-21(18)22/h2-16,29H,1H3. The summed E-state index contributed by atoms with van der Waals surface area (Å²) in [6, 6.07) is 28.2. The largest absolute Gasteiger partial charge is 0.350 e. The minimum absolute atomic E-state index is 0.256. The molecule has 0 aliphatic carbocycles. The molecule has 0 fully saturated rings. The van der Waals surface area contributed by atoms with Crippen molar-refractivity contribution in [2.45, 2.75) is 6.92 Å². The molecular weight excluding hydrogens is 420 g/mol. The van der Waals surface area contributed by atoms with Crippen LogP contribution in [0, 0.1) is 6.92 Å². The van der Waals surface area contributed by atoms with Crippen molar-refractivity contribution in [2.75, 3.05) is 10.2 Å². The number of hydrogen-bond donors (Lipinski definition) is 1. The number of halogens is 1. The number of nitrogens with one attached hydrogen (secondary N) is 1. The van der Waals surface area contributed by atoms with Crippen LogP contribution in [0.4, 0.5) is 11.4 Å². The third-order valence-electron chi connectivity index (χ3n) is 5.60. The lowest BCUT2D eigenvalue weighted by atomic mass is 10.0. The highest BCUT2D eigenvalue weighted by molar-refractivity contribution is 6.46. The molecule has 0 bridgehead atoms. The van der Waals surface area contributed by atoms with Crippen molar-refractivity contribution < 1.29 is 9.59 Å². The average molecular weight is 439 g/mol. The van der Waals surface area contributed by atoms with E-state index in [1.54, 1.807) is 18.2 Å². The molecule has 0 saturated carbocycles. The summed E-state index contributed by atoms with van der Waals surface area (Å²) >= 11 is 6.10. The average Bonchev–Trinajstić information content (AvgIpc) is 3.04. The van der Waals surface area contributed by atoms with Crippen LogP contribution in [0.15, 0.2) is 96.7 Å². The van der Waals surface area contributed by atoms with Gasteiger partial charge in [0, 0.05) is 16.1 Å². The predicted molar refractivity (Wildman–Crippen MR) is 130 cm³/mol. The highest BCUT2D eigenvalue weighted by Crippen LogP contribution is 2.36. The van der Waals surface area contributed by atoms with Crippen molar-refractivity contribution in [3.05, 3.63) is 113 Å². The number of imide groups is 1. The molecule has 1 heterocycles. The van der Waals surface area contributed by atoms with Crippen LogP contribution in [0.25, 0.3) is 16.3 Å². The lowest BCUT2D eigenvalue weighted by molar-refractivity contribution is -0.120. The Bertz CT molecular complexity index is 1400. The highest BCUT2D eigenvalue weighted by atomic mass is 35.5. The second kappa shape index (κ2) is 7.98. The van der Waals surface area contributed by atoms with Gasteiger partial charge in [0.1, 0.15) is 5.70 Å². The predicted octanol–water partition coefficient (Wildman–Crippen LogP) is 6.20. The number of anilines is 2. The minimum atomic E-state index is -0.396. The maximum atomic E-state index is 13.6. The number of benzene rings is 4. The quantitative estimate of drug-likeness (QED) is 0.386. The van der Waals surface area contributed by atoms with Gasteiger partial charge in [0.15, 0.2) is 0 Å². The number of rotatable bonds is 4. The van der Waals surface area contributed by atoms with Crippen LogP contribution in [0.1, 0.15) is 11.1 Å². The first-order valence-corrected chi connectivity index (χ1v) is 10.6. The van der Waals surface area contributed by atoms with Gasteiger partial charge in [0.25, 0.3) is 11.8 Å². The van der Waals surface area contributed by atoms with Gasteiger partial charge in [-0.25, -0.2) is 4.90 Å². The van der Waals surface area contributed by atoms with E-state index in [9.17, 15) is 9.59 Å². The fraction of sp³-hybridized carbons (Fsp3) is 0.0370. The van der Waals surface area contributed by atoms with E-state index in [1.807, 2.05) is 79.7 Å². The molecule has 5 heteroatoms.